The summed E-state index contributed by atoms with van der Waals surface area (Å²) < 4.78 is 10.7. The van der Waals surface area contributed by atoms with Gasteiger partial charge in [-0.3, -0.25) is 0 Å². The zero-order valence-electron chi connectivity index (χ0n) is 10.8. The van der Waals surface area contributed by atoms with Crippen LogP contribution in [0.3, 0.4) is 0 Å². The Morgan fingerprint density at radius 1 is 1.42 bits per heavy atom. The molecule has 0 aromatic heterocycles. The van der Waals surface area contributed by atoms with Crippen LogP contribution in [0.1, 0.15) is 18.1 Å². The lowest BCUT2D eigenvalue weighted by molar-refractivity contribution is 0.174. The number of fused-ring (bicyclic) bond motifs is 2. The van der Waals surface area contributed by atoms with Gasteiger partial charge in [-0.15, -0.1) is 0 Å². The molecule has 0 fully saturated rings. The minimum absolute atomic E-state index is 0.0159. The number of hydrogen-bond donors (Lipinski definition) is 1. The molecule has 1 atom stereocenters. The zero-order valence-corrected chi connectivity index (χ0v) is 10.8. The van der Waals surface area contributed by atoms with Gasteiger partial charge in [0.1, 0.15) is 0 Å². The monoisotopic (exact) mass is 261 g/mol. The Kier molecular flexibility index (Phi) is 2.77. The number of carbonyl (C=O) groups is 1. The molecule has 2 heterocycles. The van der Waals surface area contributed by atoms with Crippen molar-refractivity contribution in [3.63, 3.8) is 0 Å². The molecule has 2 aliphatic heterocycles. The van der Waals surface area contributed by atoms with Gasteiger partial charge >= 0.3 is 6.03 Å². The van der Waals surface area contributed by atoms with Crippen LogP contribution in [0, 0.1) is 0 Å². The lowest BCUT2D eigenvalue weighted by Gasteiger charge is -2.22. The topological polar surface area (TPSA) is 63.2 Å². The van der Waals surface area contributed by atoms with Gasteiger partial charge in [-0.2, -0.15) is 5.10 Å². The maximum atomic E-state index is 11.7. The van der Waals surface area contributed by atoms with Crippen molar-refractivity contribution in [3.8, 4) is 11.5 Å². The molecule has 0 spiro atoms. The highest BCUT2D eigenvalue weighted by Crippen LogP contribution is 2.35. The fourth-order valence-electron chi connectivity index (χ4n) is 2.31. The van der Waals surface area contributed by atoms with Crippen LogP contribution in [0.5, 0.6) is 11.5 Å². The maximum absolute atomic E-state index is 11.7. The molecule has 0 saturated heterocycles. The zero-order chi connectivity index (χ0) is 13.4. The first kappa shape index (κ1) is 11.8. The highest BCUT2D eigenvalue weighted by atomic mass is 16.7. The fraction of sp³-hybridized carbons (Fsp3) is 0.385. The average Bonchev–Trinajstić information content (AvgIpc) is 2.78. The summed E-state index contributed by atoms with van der Waals surface area (Å²) in [6.45, 7) is 2.22. The Morgan fingerprint density at radius 2 is 2.16 bits per heavy atom. The van der Waals surface area contributed by atoms with Crippen molar-refractivity contribution in [2.24, 2.45) is 5.10 Å². The summed E-state index contributed by atoms with van der Waals surface area (Å²) in [5, 5.41) is 8.28. The van der Waals surface area contributed by atoms with Gasteiger partial charge in [0.05, 0.1) is 12.3 Å². The van der Waals surface area contributed by atoms with E-state index in [2.05, 4.69) is 10.4 Å². The van der Waals surface area contributed by atoms with E-state index in [0.717, 1.165) is 29.0 Å². The summed E-state index contributed by atoms with van der Waals surface area (Å²) in [4.78, 5) is 11.7. The van der Waals surface area contributed by atoms with Crippen molar-refractivity contribution in [3.05, 3.63) is 23.3 Å². The van der Waals surface area contributed by atoms with Crippen molar-refractivity contribution in [1.29, 1.82) is 0 Å². The van der Waals surface area contributed by atoms with Crippen molar-refractivity contribution in [1.82, 2.24) is 10.3 Å². The molecule has 100 valence electrons. The molecule has 6 heteroatoms. The van der Waals surface area contributed by atoms with Gasteiger partial charge in [-0.05, 0) is 31.0 Å². The molecular formula is C13H15N3O3. The molecule has 1 aromatic rings. The predicted molar refractivity (Wildman–Crippen MR) is 69.6 cm³/mol. The molecule has 3 rings (SSSR count). The SMILES string of the molecule is CNC(=O)N1N=Cc2cc3c(cc2CC1C)OCO3. The van der Waals surface area contributed by atoms with E-state index in [0.29, 0.717) is 0 Å². The smallest absolute Gasteiger partial charge is 0.337 e. The molecule has 0 aliphatic carbocycles. The van der Waals surface area contributed by atoms with E-state index in [1.807, 2.05) is 19.1 Å². The number of nitrogens with one attached hydrogen (secondary N) is 1. The van der Waals surface area contributed by atoms with Crippen LogP contribution < -0.4 is 14.8 Å². The number of hydrazone groups is 1. The van der Waals surface area contributed by atoms with E-state index in [-0.39, 0.29) is 18.9 Å². The largest absolute Gasteiger partial charge is 0.454 e. The van der Waals surface area contributed by atoms with Crippen LogP contribution in [-0.2, 0) is 6.42 Å². The van der Waals surface area contributed by atoms with E-state index in [1.165, 1.54) is 5.01 Å². The number of benzene rings is 1. The Morgan fingerprint density at radius 3 is 2.89 bits per heavy atom. The van der Waals surface area contributed by atoms with Crippen LogP contribution in [0.2, 0.25) is 0 Å². The molecule has 1 aromatic carbocycles. The number of carbonyl (C=O) groups excluding carboxylic acids is 1. The molecule has 1 N–H and O–H groups in total. The summed E-state index contributed by atoms with van der Waals surface area (Å²) in [7, 11) is 1.60. The molecular weight excluding hydrogens is 246 g/mol. The number of hydrogen-bond acceptors (Lipinski definition) is 4. The van der Waals surface area contributed by atoms with Crippen LogP contribution in [0.15, 0.2) is 17.2 Å². The second-order valence-corrected chi connectivity index (χ2v) is 4.60. The third kappa shape index (κ3) is 1.99. The van der Waals surface area contributed by atoms with Gasteiger partial charge in [-0.1, -0.05) is 0 Å². The highest BCUT2D eigenvalue weighted by Gasteiger charge is 2.24. The number of urea groups is 1. The van der Waals surface area contributed by atoms with Crippen molar-refractivity contribution >= 4 is 12.2 Å². The van der Waals surface area contributed by atoms with E-state index in [1.54, 1.807) is 13.3 Å². The average molecular weight is 261 g/mol. The summed E-state index contributed by atoms with van der Waals surface area (Å²) in [6.07, 6.45) is 2.41. The summed E-state index contributed by atoms with van der Waals surface area (Å²) in [5.74, 6) is 1.49. The molecule has 0 bridgehead atoms. The number of nitrogens with zero attached hydrogens (tertiary/aromatic N) is 2. The van der Waals surface area contributed by atoms with E-state index in [9.17, 15) is 4.79 Å². The van der Waals surface area contributed by atoms with Gasteiger partial charge < -0.3 is 14.8 Å². The molecule has 2 aliphatic rings. The van der Waals surface area contributed by atoms with Gasteiger partial charge in [-0.25, -0.2) is 9.80 Å². The lowest BCUT2D eigenvalue weighted by Crippen LogP contribution is -2.40. The summed E-state index contributed by atoms with van der Waals surface area (Å²) in [5.41, 5.74) is 2.06. The van der Waals surface area contributed by atoms with Gasteiger partial charge in [0, 0.05) is 12.6 Å². The second kappa shape index (κ2) is 4.46. The van der Waals surface area contributed by atoms with Crippen LogP contribution in [0.4, 0.5) is 4.79 Å². The summed E-state index contributed by atoms with van der Waals surface area (Å²) in [6, 6.07) is 3.64. The number of ether oxygens (including phenoxy) is 2. The number of amides is 2. The minimum atomic E-state index is -0.211. The Balaban J connectivity index is 1.97. The van der Waals surface area contributed by atoms with Crippen LogP contribution in [0.25, 0.3) is 0 Å². The lowest BCUT2D eigenvalue weighted by atomic mass is 10.0. The maximum Gasteiger partial charge on any atom is 0.337 e. The van der Waals surface area contributed by atoms with E-state index < -0.39 is 0 Å². The van der Waals surface area contributed by atoms with E-state index >= 15 is 0 Å². The standard InChI is InChI=1S/C13H15N3O3/c1-8-3-9-4-11-12(19-7-18-11)5-10(9)6-15-16(8)13(17)14-2/h4-6,8H,3,7H2,1-2H3,(H,14,17). The molecule has 0 radical (unpaired) electrons. The third-order valence-corrected chi connectivity index (χ3v) is 3.31. The Labute approximate surface area is 111 Å². The molecule has 1 unspecified atom stereocenters. The van der Waals surface area contributed by atoms with Crippen molar-refractivity contribution in [2.45, 2.75) is 19.4 Å². The van der Waals surface area contributed by atoms with Gasteiger partial charge in [0.25, 0.3) is 0 Å². The minimum Gasteiger partial charge on any atom is -0.454 e. The van der Waals surface area contributed by atoms with Crippen LogP contribution >= 0.6 is 0 Å². The normalized spacial score (nSPS) is 19.9. The summed E-state index contributed by atoms with van der Waals surface area (Å²) >= 11 is 0. The first-order chi connectivity index (χ1) is 9.19. The second-order valence-electron chi connectivity index (χ2n) is 4.60. The van der Waals surface area contributed by atoms with Crippen LogP contribution in [-0.4, -0.2) is 37.1 Å². The molecule has 0 saturated carbocycles. The van der Waals surface area contributed by atoms with Crippen molar-refractivity contribution in [2.75, 3.05) is 13.8 Å². The first-order valence-electron chi connectivity index (χ1n) is 6.16. The molecule has 6 nitrogen and oxygen atoms in total. The number of rotatable bonds is 0. The first-order valence-corrected chi connectivity index (χ1v) is 6.16. The Hall–Kier alpha value is -2.24. The highest BCUT2D eigenvalue weighted by molar-refractivity contribution is 5.85. The molecule has 2 amide bonds. The predicted octanol–water partition coefficient (Wildman–Crippen LogP) is 1.34. The third-order valence-electron chi connectivity index (χ3n) is 3.31. The van der Waals surface area contributed by atoms with E-state index in [4.69, 9.17) is 9.47 Å². The van der Waals surface area contributed by atoms with Gasteiger partial charge in [0.15, 0.2) is 11.5 Å². The molecule has 19 heavy (non-hydrogen) atoms. The van der Waals surface area contributed by atoms with Crippen molar-refractivity contribution < 1.29 is 14.3 Å². The quantitative estimate of drug-likeness (QED) is 0.766. The fourth-order valence-corrected chi connectivity index (χ4v) is 2.31. The Bertz CT molecular complexity index is 556. The van der Waals surface area contributed by atoms with Gasteiger partial charge in [0.2, 0.25) is 6.79 Å².